The summed E-state index contributed by atoms with van der Waals surface area (Å²) in [4.78, 5) is 29.5. The molecule has 7 nitrogen and oxygen atoms in total. The average Bonchev–Trinajstić information content (AvgIpc) is 3.25. The van der Waals surface area contributed by atoms with E-state index in [1.165, 1.54) is 6.26 Å². The van der Waals surface area contributed by atoms with Gasteiger partial charge in [-0.05, 0) is 12.8 Å². The van der Waals surface area contributed by atoms with Crippen molar-refractivity contribution in [2.75, 3.05) is 25.0 Å². The number of hydrogen-bond donors (Lipinski definition) is 2. The predicted molar refractivity (Wildman–Crippen MR) is 84.8 cm³/mol. The van der Waals surface area contributed by atoms with E-state index in [0.29, 0.717) is 5.69 Å². The Morgan fingerprint density at radius 2 is 1.91 bits per heavy atom. The van der Waals surface area contributed by atoms with Crippen LogP contribution in [0.3, 0.4) is 0 Å². The van der Waals surface area contributed by atoms with E-state index < -0.39 is 0 Å². The van der Waals surface area contributed by atoms with Gasteiger partial charge in [0.15, 0.2) is 0 Å². The summed E-state index contributed by atoms with van der Waals surface area (Å²) in [6.45, 7) is 1.37. The van der Waals surface area contributed by atoms with Gasteiger partial charge in [0.05, 0.1) is 6.54 Å². The maximum atomic E-state index is 11.8. The molecule has 1 saturated heterocycles. The molecule has 0 atom stereocenters. The quantitative estimate of drug-likeness (QED) is 0.904. The van der Waals surface area contributed by atoms with E-state index in [1.54, 1.807) is 4.90 Å². The number of oxazole rings is 1. The highest BCUT2D eigenvalue weighted by atomic mass is 16.4. The summed E-state index contributed by atoms with van der Waals surface area (Å²) in [5, 5.41) is 5.12. The van der Waals surface area contributed by atoms with Crippen LogP contribution in [-0.4, -0.2) is 41.5 Å². The van der Waals surface area contributed by atoms with Crippen LogP contribution < -0.4 is 10.6 Å². The lowest BCUT2D eigenvalue weighted by Gasteiger charge is -2.15. The number of rotatable bonds is 4. The van der Waals surface area contributed by atoms with Gasteiger partial charge in [0.25, 0.3) is 0 Å². The third-order valence-corrected chi connectivity index (χ3v) is 3.61. The minimum absolute atomic E-state index is 0.113. The molecule has 120 valence electrons. The molecule has 23 heavy (non-hydrogen) atoms. The van der Waals surface area contributed by atoms with Crippen molar-refractivity contribution in [3.63, 3.8) is 0 Å². The van der Waals surface area contributed by atoms with Crippen molar-refractivity contribution in [1.29, 1.82) is 0 Å². The molecule has 2 N–H and O–H groups in total. The zero-order valence-electron chi connectivity index (χ0n) is 12.6. The number of urea groups is 1. The topological polar surface area (TPSA) is 87.5 Å². The maximum Gasteiger partial charge on any atom is 0.317 e. The fourth-order valence-electron chi connectivity index (χ4n) is 2.42. The first-order chi connectivity index (χ1) is 11.2. The number of nitrogens with one attached hydrogen (secondary N) is 2. The molecule has 0 saturated carbocycles. The standard InChI is InChI=1S/C16H18N4O3/c21-14(10-17-16(22)20-8-4-5-9-20)19-15-18-13(11-23-15)12-6-2-1-3-7-12/h1-3,6-7,11H,4-5,8-10H2,(H,17,22)(H,18,19,21). The fraction of sp³-hybridized carbons (Fsp3) is 0.312. The Morgan fingerprint density at radius 1 is 1.17 bits per heavy atom. The van der Waals surface area contributed by atoms with Gasteiger partial charge in [0.2, 0.25) is 5.91 Å². The van der Waals surface area contributed by atoms with Crippen molar-refractivity contribution in [3.05, 3.63) is 36.6 Å². The Bertz CT molecular complexity index is 678. The number of carbonyl (C=O) groups is 2. The van der Waals surface area contributed by atoms with Gasteiger partial charge in [0.1, 0.15) is 12.0 Å². The van der Waals surface area contributed by atoms with Crippen molar-refractivity contribution in [2.24, 2.45) is 0 Å². The van der Waals surface area contributed by atoms with Gasteiger partial charge in [0, 0.05) is 18.7 Å². The zero-order chi connectivity index (χ0) is 16.1. The van der Waals surface area contributed by atoms with Crippen molar-refractivity contribution in [2.45, 2.75) is 12.8 Å². The number of hydrogen-bond acceptors (Lipinski definition) is 4. The van der Waals surface area contributed by atoms with Gasteiger partial charge in [-0.2, -0.15) is 4.98 Å². The first-order valence-corrected chi connectivity index (χ1v) is 7.56. The molecule has 1 aliphatic rings. The summed E-state index contributed by atoms with van der Waals surface area (Å²) in [5.41, 5.74) is 1.54. The van der Waals surface area contributed by atoms with Crippen LogP contribution in [-0.2, 0) is 4.79 Å². The van der Waals surface area contributed by atoms with Crippen LogP contribution in [0, 0.1) is 0 Å². The lowest BCUT2D eigenvalue weighted by Crippen LogP contribution is -2.41. The number of nitrogens with zero attached hydrogens (tertiary/aromatic N) is 2. The third kappa shape index (κ3) is 3.88. The summed E-state index contributed by atoms with van der Waals surface area (Å²) in [6.07, 6.45) is 3.50. The molecule has 2 aromatic rings. The highest BCUT2D eigenvalue weighted by Gasteiger charge is 2.18. The Balaban J connectivity index is 1.50. The van der Waals surface area contributed by atoms with E-state index >= 15 is 0 Å². The normalized spacial score (nSPS) is 13.8. The third-order valence-electron chi connectivity index (χ3n) is 3.61. The lowest BCUT2D eigenvalue weighted by atomic mass is 10.2. The van der Waals surface area contributed by atoms with E-state index in [1.807, 2.05) is 30.3 Å². The average molecular weight is 314 g/mol. The van der Waals surface area contributed by atoms with E-state index in [2.05, 4.69) is 15.6 Å². The predicted octanol–water partition coefficient (Wildman–Crippen LogP) is 2.09. The molecule has 1 aromatic heterocycles. The number of anilines is 1. The summed E-state index contributed by atoms with van der Waals surface area (Å²) < 4.78 is 5.23. The molecular formula is C16H18N4O3. The van der Waals surface area contributed by atoms with E-state index in [9.17, 15) is 9.59 Å². The molecule has 2 heterocycles. The van der Waals surface area contributed by atoms with Crippen LogP contribution in [0.5, 0.6) is 0 Å². The second-order valence-corrected chi connectivity index (χ2v) is 5.30. The number of benzene rings is 1. The molecular weight excluding hydrogens is 296 g/mol. The molecule has 3 amide bonds. The van der Waals surface area contributed by atoms with Gasteiger partial charge in [-0.3, -0.25) is 10.1 Å². The summed E-state index contributed by atoms with van der Waals surface area (Å²) in [5.74, 6) is -0.376. The maximum absolute atomic E-state index is 11.8. The number of aromatic nitrogens is 1. The minimum Gasteiger partial charge on any atom is -0.431 e. The largest absolute Gasteiger partial charge is 0.431 e. The summed E-state index contributed by atoms with van der Waals surface area (Å²) in [7, 11) is 0. The molecule has 0 bridgehead atoms. The zero-order valence-corrected chi connectivity index (χ0v) is 12.6. The monoisotopic (exact) mass is 314 g/mol. The van der Waals surface area contributed by atoms with Gasteiger partial charge in [-0.25, -0.2) is 4.79 Å². The second-order valence-electron chi connectivity index (χ2n) is 5.30. The lowest BCUT2D eigenvalue weighted by molar-refractivity contribution is -0.115. The fourth-order valence-corrected chi connectivity index (χ4v) is 2.42. The molecule has 1 fully saturated rings. The SMILES string of the molecule is O=C(CNC(=O)N1CCCC1)Nc1nc(-c2ccccc2)co1. The Labute approximate surface area is 133 Å². The van der Waals surface area contributed by atoms with Crippen molar-refractivity contribution in [3.8, 4) is 11.3 Å². The molecule has 7 heteroatoms. The van der Waals surface area contributed by atoms with Crippen molar-refractivity contribution in [1.82, 2.24) is 15.2 Å². The first-order valence-electron chi connectivity index (χ1n) is 7.56. The summed E-state index contributed by atoms with van der Waals surface area (Å²) >= 11 is 0. The van der Waals surface area contributed by atoms with Gasteiger partial charge in [-0.15, -0.1) is 0 Å². The van der Waals surface area contributed by atoms with E-state index in [4.69, 9.17) is 4.42 Å². The molecule has 1 aliphatic heterocycles. The van der Waals surface area contributed by atoms with Crippen molar-refractivity contribution < 1.29 is 14.0 Å². The molecule has 0 aliphatic carbocycles. The van der Waals surface area contributed by atoms with Gasteiger partial charge >= 0.3 is 12.0 Å². The highest BCUT2D eigenvalue weighted by molar-refractivity contribution is 5.92. The molecule has 0 unspecified atom stereocenters. The van der Waals surface area contributed by atoms with Crippen LogP contribution in [0.1, 0.15) is 12.8 Å². The molecule has 0 radical (unpaired) electrons. The van der Waals surface area contributed by atoms with Crippen LogP contribution in [0.15, 0.2) is 41.0 Å². The van der Waals surface area contributed by atoms with Gasteiger partial charge in [-0.1, -0.05) is 30.3 Å². The van der Waals surface area contributed by atoms with Gasteiger partial charge < -0.3 is 14.6 Å². The Kier molecular flexibility index (Phi) is 4.56. The first kappa shape index (κ1) is 15.1. The van der Waals surface area contributed by atoms with E-state index in [0.717, 1.165) is 31.5 Å². The smallest absolute Gasteiger partial charge is 0.317 e. The molecule has 0 spiro atoms. The van der Waals surface area contributed by atoms with Crippen LogP contribution in [0.2, 0.25) is 0 Å². The number of carbonyl (C=O) groups excluding carboxylic acids is 2. The Morgan fingerprint density at radius 3 is 2.65 bits per heavy atom. The number of likely N-dealkylation sites (tertiary alicyclic amines) is 1. The summed E-state index contributed by atoms with van der Waals surface area (Å²) in [6, 6.07) is 9.42. The highest BCUT2D eigenvalue weighted by Crippen LogP contribution is 2.19. The number of amides is 3. The molecule has 3 rings (SSSR count). The van der Waals surface area contributed by atoms with Crippen LogP contribution in [0.4, 0.5) is 10.8 Å². The Hall–Kier alpha value is -2.83. The van der Waals surface area contributed by atoms with Crippen molar-refractivity contribution >= 4 is 18.0 Å². The minimum atomic E-state index is -0.376. The molecule has 1 aromatic carbocycles. The van der Waals surface area contributed by atoms with E-state index in [-0.39, 0.29) is 24.5 Å². The van der Waals surface area contributed by atoms with Crippen LogP contribution >= 0.6 is 0 Å². The second kappa shape index (κ2) is 6.95. The van der Waals surface area contributed by atoms with Crippen LogP contribution in [0.25, 0.3) is 11.3 Å².